The number of guanidine groups is 1. The molecule has 4 heteroatoms. The summed E-state index contributed by atoms with van der Waals surface area (Å²) in [6.07, 6.45) is 1.19. The molecule has 23 heavy (non-hydrogen) atoms. The molecule has 0 radical (unpaired) electrons. The Morgan fingerprint density at radius 2 is 1.22 bits per heavy atom. The predicted molar refractivity (Wildman–Crippen MR) is 102 cm³/mol. The molecule has 3 rings (SSSR count). The van der Waals surface area contributed by atoms with E-state index in [1.807, 2.05) is 0 Å². The number of aliphatic imine (C=N–C) groups is 1. The van der Waals surface area contributed by atoms with E-state index >= 15 is 0 Å². The van der Waals surface area contributed by atoms with Crippen molar-refractivity contribution >= 4 is 22.9 Å². The molecular formula is C19H24BrN3. The summed E-state index contributed by atoms with van der Waals surface area (Å²) in [4.78, 5) is 9.61. The third-order valence-electron chi connectivity index (χ3n) is 4.15. The van der Waals surface area contributed by atoms with Gasteiger partial charge in [-0.05, 0) is 17.5 Å². The lowest BCUT2D eigenvalue weighted by atomic mass is 9.99. The van der Waals surface area contributed by atoms with Gasteiger partial charge in [0.25, 0.3) is 0 Å². The second-order valence-corrected chi connectivity index (χ2v) is 5.85. The topological polar surface area (TPSA) is 18.8 Å². The van der Waals surface area contributed by atoms with Crippen molar-refractivity contribution < 1.29 is 0 Å². The predicted octanol–water partition coefficient (Wildman–Crippen LogP) is 3.98. The Morgan fingerprint density at radius 3 is 1.65 bits per heavy atom. The molecule has 2 aromatic carbocycles. The Bertz CT molecular complexity index is 576. The summed E-state index contributed by atoms with van der Waals surface area (Å²) in [5.74, 6) is 1.07. The lowest BCUT2D eigenvalue weighted by molar-refractivity contribution is 0.315. The van der Waals surface area contributed by atoms with E-state index in [2.05, 4.69) is 84.6 Å². The third kappa shape index (κ3) is 4.14. The molecule has 122 valence electrons. The molecular weight excluding hydrogens is 350 g/mol. The minimum atomic E-state index is 0. The molecule has 2 aromatic rings. The van der Waals surface area contributed by atoms with Crippen molar-refractivity contribution in [3.63, 3.8) is 0 Å². The Hall–Kier alpha value is -1.81. The lowest BCUT2D eigenvalue weighted by Crippen LogP contribution is -2.46. The fourth-order valence-electron chi connectivity index (χ4n) is 2.96. The van der Waals surface area contributed by atoms with Gasteiger partial charge in [-0.2, -0.15) is 0 Å². The van der Waals surface area contributed by atoms with Crippen molar-refractivity contribution in [1.82, 2.24) is 9.80 Å². The zero-order valence-electron chi connectivity index (χ0n) is 13.7. The van der Waals surface area contributed by atoms with Gasteiger partial charge in [-0.15, -0.1) is 17.0 Å². The molecule has 1 heterocycles. The standard InChI is InChI=1S/C19H23N3.BrH/c1-21-14-9-15-22(2)19(21)20-18(16-10-5-3-6-11-16)17-12-7-4-8-13-17;/h3-8,10-13,18H,9,14-15H2,1-2H3;1H. The van der Waals surface area contributed by atoms with Crippen molar-refractivity contribution in [2.45, 2.75) is 12.5 Å². The van der Waals surface area contributed by atoms with Crippen LogP contribution < -0.4 is 0 Å². The van der Waals surface area contributed by atoms with Gasteiger partial charge in [0.2, 0.25) is 0 Å². The molecule has 1 aliphatic rings. The first-order valence-corrected chi connectivity index (χ1v) is 7.85. The van der Waals surface area contributed by atoms with E-state index in [4.69, 9.17) is 4.99 Å². The van der Waals surface area contributed by atoms with Crippen LogP contribution in [0.5, 0.6) is 0 Å². The summed E-state index contributed by atoms with van der Waals surface area (Å²) in [5.41, 5.74) is 2.46. The molecule has 0 N–H and O–H groups in total. The lowest BCUT2D eigenvalue weighted by Gasteiger charge is -2.35. The summed E-state index contributed by atoms with van der Waals surface area (Å²) >= 11 is 0. The Kier molecular flexibility index (Phi) is 6.22. The van der Waals surface area contributed by atoms with Gasteiger partial charge >= 0.3 is 0 Å². The first-order chi connectivity index (χ1) is 10.8. The Balaban J connectivity index is 0.00000192. The Labute approximate surface area is 149 Å². The van der Waals surface area contributed by atoms with Gasteiger partial charge in [-0.3, -0.25) is 0 Å². The van der Waals surface area contributed by atoms with Gasteiger partial charge in [0, 0.05) is 27.2 Å². The number of nitrogens with zero attached hydrogens (tertiary/aromatic N) is 3. The normalized spacial score (nSPS) is 14.7. The molecule has 1 saturated heterocycles. The van der Waals surface area contributed by atoms with Crippen LogP contribution in [0.3, 0.4) is 0 Å². The highest BCUT2D eigenvalue weighted by atomic mass is 79.9. The molecule has 0 aliphatic carbocycles. The van der Waals surface area contributed by atoms with E-state index in [9.17, 15) is 0 Å². The van der Waals surface area contributed by atoms with Gasteiger partial charge < -0.3 is 9.80 Å². The monoisotopic (exact) mass is 373 g/mol. The smallest absolute Gasteiger partial charge is 0.197 e. The minimum absolute atomic E-state index is 0. The van der Waals surface area contributed by atoms with Gasteiger partial charge in [0.05, 0.1) is 0 Å². The fraction of sp³-hybridized carbons (Fsp3) is 0.316. The van der Waals surface area contributed by atoms with Crippen LogP contribution >= 0.6 is 17.0 Å². The summed E-state index contributed by atoms with van der Waals surface area (Å²) in [6, 6.07) is 21.1. The average Bonchev–Trinajstić information content (AvgIpc) is 2.56. The molecule has 1 fully saturated rings. The molecule has 3 nitrogen and oxygen atoms in total. The number of benzene rings is 2. The molecule has 0 unspecified atom stereocenters. The fourth-order valence-corrected chi connectivity index (χ4v) is 2.96. The van der Waals surface area contributed by atoms with Crippen LogP contribution in [0.4, 0.5) is 0 Å². The van der Waals surface area contributed by atoms with Crippen LogP contribution in [-0.2, 0) is 0 Å². The largest absolute Gasteiger partial charge is 0.346 e. The van der Waals surface area contributed by atoms with Crippen LogP contribution in [0, 0.1) is 0 Å². The van der Waals surface area contributed by atoms with Crippen LogP contribution in [0.2, 0.25) is 0 Å². The number of hydrogen-bond acceptors (Lipinski definition) is 1. The van der Waals surface area contributed by atoms with Gasteiger partial charge in [0.1, 0.15) is 6.04 Å². The summed E-state index contributed by atoms with van der Waals surface area (Å²) < 4.78 is 0. The van der Waals surface area contributed by atoms with E-state index in [1.165, 1.54) is 17.5 Å². The second kappa shape index (κ2) is 8.16. The van der Waals surface area contributed by atoms with E-state index in [1.54, 1.807) is 0 Å². The highest BCUT2D eigenvalue weighted by Gasteiger charge is 2.21. The van der Waals surface area contributed by atoms with Crippen molar-refractivity contribution in [2.24, 2.45) is 4.99 Å². The van der Waals surface area contributed by atoms with E-state index in [-0.39, 0.29) is 23.0 Å². The molecule has 0 saturated carbocycles. The minimum Gasteiger partial charge on any atom is -0.346 e. The van der Waals surface area contributed by atoms with Crippen molar-refractivity contribution in [1.29, 1.82) is 0 Å². The first-order valence-electron chi connectivity index (χ1n) is 7.85. The second-order valence-electron chi connectivity index (χ2n) is 5.85. The van der Waals surface area contributed by atoms with Crippen molar-refractivity contribution in [2.75, 3.05) is 27.2 Å². The maximum absolute atomic E-state index is 5.11. The van der Waals surface area contributed by atoms with Crippen LogP contribution in [0.1, 0.15) is 23.6 Å². The van der Waals surface area contributed by atoms with Crippen molar-refractivity contribution in [3.8, 4) is 0 Å². The highest BCUT2D eigenvalue weighted by molar-refractivity contribution is 8.93. The first kappa shape index (κ1) is 17.5. The number of halogens is 1. The Morgan fingerprint density at radius 1 is 0.783 bits per heavy atom. The van der Waals surface area contributed by atoms with Gasteiger partial charge in [-0.25, -0.2) is 4.99 Å². The maximum atomic E-state index is 5.11. The molecule has 0 aromatic heterocycles. The summed E-state index contributed by atoms with van der Waals surface area (Å²) in [7, 11) is 4.25. The van der Waals surface area contributed by atoms with E-state index in [0.29, 0.717) is 0 Å². The maximum Gasteiger partial charge on any atom is 0.197 e. The average molecular weight is 374 g/mol. The van der Waals surface area contributed by atoms with E-state index in [0.717, 1.165) is 19.0 Å². The third-order valence-corrected chi connectivity index (χ3v) is 4.15. The molecule has 0 amide bonds. The zero-order chi connectivity index (χ0) is 15.4. The molecule has 0 bridgehead atoms. The van der Waals surface area contributed by atoms with E-state index < -0.39 is 0 Å². The van der Waals surface area contributed by atoms with Crippen LogP contribution in [-0.4, -0.2) is 42.9 Å². The zero-order valence-corrected chi connectivity index (χ0v) is 15.4. The van der Waals surface area contributed by atoms with Crippen LogP contribution in [0.15, 0.2) is 65.7 Å². The number of rotatable bonds is 3. The van der Waals surface area contributed by atoms with Crippen LogP contribution in [0.25, 0.3) is 0 Å². The van der Waals surface area contributed by atoms with Gasteiger partial charge in [0.15, 0.2) is 5.96 Å². The number of hydrogen-bond donors (Lipinski definition) is 0. The molecule has 0 spiro atoms. The SMILES string of the molecule is Br.CN1CCCN(C)C1=NC(c1ccccc1)c1ccccc1. The van der Waals surface area contributed by atoms with Gasteiger partial charge in [-0.1, -0.05) is 60.7 Å². The molecule has 1 aliphatic heterocycles. The molecule has 0 atom stereocenters. The van der Waals surface area contributed by atoms with Crippen molar-refractivity contribution in [3.05, 3.63) is 71.8 Å². The summed E-state index contributed by atoms with van der Waals surface area (Å²) in [5, 5.41) is 0. The quantitative estimate of drug-likeness (QED) is 0.810. The summed E-state index contributed by atoms with van der Waals surface area (Å²) in [6.45, 7) is 2.14. The highest BCUT2D eigenvalue weighted by Crippen LogP contribution is 2.27.